The minimum absolute atomic E-state index is 0.171. The molecule has 0 aromatic carbocycles. The standard InChI is InChI=1S/C7H14BrNO2/c1-4-11-7(10)6(5-8)9(2)3/h6H,4-5H2,1-3H3. The molecule has 0 radical (unpaired) electrons. The number of carbonyl (C=O) groups excluding carboxylic acids is 1. The number of hydrogen-bond acceptors (Lipinski definition) is 3. The zero-order valence-electron chi connectivity index (χ0n) is 7.13. The van der Waals surface area contributed by atoms with Gasteiger partial charge in [0.1, 0.15) is 6.04 Å². The molecule has 0 aromatic rings. The largest absolute Gasteiger partial charge is 0.465 e. The molecule has 11 heavy (non-hydrogen) atoms. The zero-order chi connectivity index (χ0) is 8.85. The molecule has 0 saturated carbocycles. The van der Waals surface area contributed by atoms with E-state index in [9.17, 15) is 4.79 Å². The second-order valence-corrected chi connectivity index (χ2v) is 3.03. The summed E-state index contributed by atoms with van der Waals surface area (Å²) in [5.41, 5.74) is 0. The number of nitrogens with zero attached hydrogens (tertiary/aromatic N) is 1. The predicted octanol–water partition coefficient (Wildman–Crippen LogP) is 0.875. The maximum atomic E-state index is 11.1. The highest BCUT2D eigenvalue weighted by Gasteiger charge is 2.19. The monoisotopic (exact) mass is 223 g/mol. The first-order valence-electron chi connectivity index (χ1n) is 3.52. The quantitative estimate of drug-likeness (QED) is 0.524. The molecule has 0 aliphatic rings. The molecule has 4 heteroatoms. The summed E-state index contributed by atoms with van der Waals surface area (Å²) in [6.45, 7) is 2.25. The molecule has 0 N–H and O–H groups in total. The maximum Gasteiger partial charge on any atom is 0.324 e. The highest BCUT2D eigenvalue weighted by molar-refractivity contribution is 9.09. The first kappa shape index (κ1) is 10.9. The molecule has 0 fully saturated rings. The minimum atomic E-state index is -0.172. The van der Waals surface area contributed by atoms with Crippen molar-refractivity contribution in [1.82, 2.24) is 4.90 Å². The average molecular weight is 224 g/mol. The summed E-state index contributed by atoms with van der Waals surface area (Å²) in [5.74, 6) is -0.172. The van der Waals surface area contributed by atoms with Crippen molar-refractivity contribution in [3.63, 3.8) is 0 Å². The molecule has 0 bridgehead atoms. The Balaban J connectivity index is 3.92. The Hall–Kier alpha value is -0.0900. The van der Waals surface area contributed by atoms with Gasteiger partial charge < -0.3 is 4.74 Å². The van der Waals surface area contributed by atoms with Gasteiger partial charge in [-0.25, -0.2) is 0 Å². The SMILES string of the molecule is CCOC(=O)C(CBr)N(C)C. The number of esters is 1. The summed E-state index contributed by atoms with van der Waals surface area (Å²) in [4.78, 5) is 12.9. The second-order valence-electron chi connectivity index (χ2n) is 2.39. The third-order valence-corrected chi connectivity index (χ3v) is 1.94. The van der Waals surface area contributed by atoms with Crippen LogP contribution in [0.5, 0.6) is 0 Å². The van der Waals surface area contributed by atoms with Crippen LogP contribution in [0, 0.1) is 0 Å². The van der Waals surface area contributed by atoms with Crippen molar-refractivity contribution in [2.75, 3.05) is 26.0 Å². The molecular weight excluding hydrogens is 210 g/mol. The highest BCUT2D eigenvalue weighted by atomic mass is 79.9. The van der Waals surface area contributed by atoms with E-state index in [0.29, 0.717) is 11.9 Å². The number of halogens is 1. The van der Waals surface area contributed by atoms with Crippen molar-refractivity contribution in [3.05, 3.63) is 0 Å². The van der Waals surface area contributed by atoms with E-state index in [-0.39, 0.29) is 12.0 Å². The highest BCUT2D eigenvalue weighted by Crippen LogP contribution is 2.00. The molecule has 0 aromatic heterocycles. The Morgan fingerprint density at radius 3 is 2.45 bits per heavy atom. The molecule has 0 heterocycles. The van der Waals surface area contributed by atoms with Crippen LogP contribution in [-0.4, -0.2) is 42.9 Å². The van der Waals surface area contributed by atoms with E-state index < -0.39 is 0 Å². The topological polar surface area (TPSA) is 29.5 Å². The number of alkyl halides is 1. The van der Waals surface area contributed by atoms with Crippen LogP contribution in [0.3, 0.4) is 0 Å². The summed E-state index contributed by atoms with van der Waals surface area (Å²) < 4.78 is 4.85. The number of likely N-dealkylation sites (N-methyl/N-ethyl adjacent to an activating group) is 1. The van der Waals surface area contributed by atoms with Crippen molar-refractivity contribution in [2.45, 2.75) is 13.0 Å². The molecular formula is C7H14BrNO2. The van der Waals surface area contributed by atoms with Gasteiger partial charge >= 0.3 is 5.97 Å². The molecule has 0 saturated heterocycles. The van der Waals surface area contributed by atoms with Crippen LogP contribution >= 0.6 is 15.9 Å². The molecule has 0 amide bonds. The fourth-order valence-corrected chi connectivity index (χ4v) is 1.49. The molecule has 0 aliphatic carbocycles. The van der Waals surface area contributed by atoms with Crippen LogP contribution in [0.4, 0.5) is 0 Å². The number of hydrogen-bond donors (Lipinski definition) is 0. The van der Waals surface area contributed by atoms with Gasteiger partial charge in [-0.05, 0) is 21.0 Å². The summed E-state index contributed by atoms with van der Waals surface area (Å²) in [6.07, 6.45) is 0. The summed E-state index contributed by atoms with van der Waals surface area (Å²) >= 11 is 3.24. The minimum Gasteiger partial charge on any atom is -0.465 e. The van der Waals surface area contributed by atoms with Crippen LogP contribution in [0.25, 0.3) is 0 Å². The molecule has 3 nitrogen and oxygen atoms in total. The van der Waals surface area contributed by atoms with E-state index >= 15 is 0 Å². The van der Waals surface area contributed by atoms with Crippen LogP contribution in [0.1, 0.15) is 6.92 Å². The van der Waals surface area contributed by atoms with Crippen LogP contribution in [-0.2, 0) is 9.53 Å². The van der Waals surface area contributed by atoms with Gasteiger partial charge in [0.05, 0.1) is 6.61 Å². The van der Waals surface area contributed by atoms with Crippen molar-refractivity contribution in [1.29, 1.82) is 0 Å². The van der Waals surface area contributed by atoms with Crippen molar-refractivity contribution >= 4 is 21.9 Å². The van der Waals surface area contributed by atoms with Crippen LogP contribution in [0.2, 0.25) is 0 Å². The fourth-order valence-electron chi connectivity index (χ4n) is 0.650. The molecule has 1 unspecified atom stereocenters. The normalized spacial score (nSPS) is 13.2. The summed E-state index contributed by atoms with van der Waals surface area (Å²) in [7, 11) is 3.70. The van der Waals surface area contributed by atoms with E-state index in [1.807, 2.05) is 19.0 Å². The molecule has 0 rings (SSSR count). The predicted molar refractivity (Wildman–Crippen MR) is 47.9 cm³/mol. The first-order chi connectivity index (χ1) is 5.13. The Bertz CT molecular complexity index is 128. The molecule has 66 valence electrons. The van der Waals surface area contributed by atoms with Crippen molar-refractivity contribution in [3.8, 4) is 0 Å². The Morgan fingerprint density at radius 1 is 1.64 bits per heavy atom. The first-order valence-corrected chi connectivity index (χ1v) is 4.64. The lowest BCUT2D eigenvalue weighted by atomic mass is 10.3. The third-order valence-electron chi connectivity index (χ3n) is 1.33. The summed E-state index contributed by atoms with van der Waals surface area (Å²) in [5, 5.41) is 0.610. The Morgan fingerprint density at radius 2 is 2.18 bits per heavy atom. The van der Waals surface area contributed by atoms with Crippen LogP contribution < -0.4 is 0 Å². The lowest BCUT2D eigenvalue weighted by molar-refractivity contribution is -0.147. The lowest BCUT2D eigenvalue weighted by Gasteiger charge is -2.19. The van der Waals surface area contributed by atoms with Gasteiger partial charge in [-0.3, -0.25) is 9.69 Å². The van der Waals surface area contributed by atoms with E-state index in [4.69, 9.17) is 4.74 Å². The van der Waals surface area contributed by atoms with Gasteiger partial charge in [0.2, 0.25) is 0 Å². The summed E-state index contributed by atoms with van der Waals surface area (Å²) in [6, 6.07) is -0.171. The van der Waals surface area contributed by atoms with Gasteiger partial charge in [-0.1, -0.05) is 15.9 Å². The number of carbonyl (C=O) groups is 1. The zero-order valence-corrected chi connectivity index (χ0v) is 8.72. The fraction of sp³-hybridized carbons (Fsp3) is 0.857. The van der Waals surface area contributed by atoms with E-state index in [1.54, 1.807) is 6.92 Å². The molecule has 1 atom stereocenters. The number of rotatable bonds is 4. The van der Waals surface area contributed by atoms with Gasteiger partial charge in [0.15, 0.2) is 0 Å². The van der Waals surface area contributed by atoms with Crippen LogP contribution in [0.15, 0.2) is 0 Å². The Labute approximate surface area is 75.8 Å². The van der Waals surface area contributed by atoms with Crippen molar-refractivity contribution < 1.29 is 9.53 Å². The van der Waals surface area contributed by atoms with Gasteiger partial charge in [0, 0.05) is 5.33 Å². The van der Waals surface area contributed by atoms with E-state index in [0.717, 1.165) is 0 Å². The van der Waals surface area contributed by atoms with Gasteiger partial charge in [-0.15, -0.1) is 0 Å². The second kappa shape index (κ2) is 5.55. The maximum absolute atomic E-state index is 11.1. The lowest BCUT2D eigenvalue weighted by Crippen LogP contribution is -2.38. The smallest absolute Gasteiger partial charge is 0.324 e. The molecule has 0 spiro atoms. The Kier molecular flexibility index (Phi) is 5.50. The van der Waals surface area contributed by atoms with Gasteiger partial charge in [-0.2, -0.15) is 0 Å². The number of ether oxygens (including phenoxy) is 1. The molecule has 0 aliphatic heterocycles. The van der Waals surface area contributed by atoms with E-state index in [1.165, 1.54) is 0 Å². The van der Waals surface area contributed by atoms with E-state index in [2.05, 4.69) is 15.9 Å². The van der Waals surface area contributed by atoms with Gasteiger partial charge in [0.25, 0.3) is 0 Å². The van der Waals surface area contributed by atoms with Crippen molar-refractivity contribution in [2.24, 2.45) is 0 Å². The average Bonchev–Trinajstić information content (AvgIpc) is 1.88. The third kappa shape index (κ3) is 3.72.